The standard InChI is InChI=1S/C16H16ClFN8S.CO2/c1-24-22-14(19-23-24)15-20-21-16(27-15)26-7-9-5-25(6-10(9)8-26)13-4-11(18)2-3-12(13)17;2-1-3/h2-4,9-10H,5-8H2,1H3;. The molecule has 156 valence electrons. The number of hydrogen-bond donors (Lipinski definition) is 0. The first-order valence-corrected chi connectivity index (χ1v) is 10.2. The van der Waals surface area contributed by atoms with Gasteiger partial charge in [-0.2, -0.15) is 14.4 Å². The molecule has 2 atom stereocenters. The molecule has 2 aliphatic rings. The molecule has 10 nitrogen and oxygen atoms in total. The Morgan fingerprint density at radius 2 is 1.77 bits per heavy atom. The van der Waals surface area contributed by atoms with Crippen molar-refractivity contribution in [2.45, 2.75) is 0 Å². The molecule has 0 spiro atoms. The van der Waals surface area contributed by atoms with Gasteiger partial charge in [-0.3, -0.25) is 0 Å². The first-order chi connectivity index (χ1) is 14.5. The van der Waals surface area contributed by atoms with Crippen LogP contribution in [0.5, 0.6) is 0 Å². The quantitative estimate of drug-likeness (QED) is 0.586. The summed E-state index contributed by atoms with van der Waals surface area (Å²) in [6.07, 6.45) is 0.250. The van der Waals surface area contributed by atoms with E-state index in [0.717, 1.165) is 37.0 Å². The van der Waals surface area contributed by atoms with Crippen molar-refractivity contribution in [3.63, 3.8) is 0 Å². The van der Waals surface area contributed by atoms with Gasteiger partial charge in [0.15, 0.2) is 5.01 Å². The Kier molecular flexibility index (Phi) is 5.71. The lowest BCUT2D eigenvalue weighted by molar-refractivity contribution is -0.191. The summed E-state index contributed by atoms with van der Waals surface area (Å²) in [6.45, 7) is 3.52. The van der Waals surface area contributed by atoms with E-state index >= 15 is 0 Å². The highest BCUT2D eigenvalue weighted by Crippen LogP contribution is 2.39. The number of halogens is 2. The molecular formula is C17H16ClFN8O2S. The lowest BCUT2D eigenvalue weighted by Gasteiger charge is -2.23. The van der Waals surface area contributed by atoms with Crippen LogP contribution in [0.25, 0.3) is 10.8 Å². The van der Waals surface area contributed by atoms with Gasteiger partial charge in [-0.25, -0.2) is 4.39 Å². The van der Waals surface area contributed by atoms with E-state index in [1.165, 1.54) is 28.3 Å². The molecule has 0 aliphatic carbocycles. The van der Waals surface area contributed by atoms with Gasteiger partial charge >= 0.3 is 6.15 Å². The fourth-order valence-electron chi connectivity index (χ4n) is 3.88. The van der Waals surface area contributed by atoms with E-state index in [9.17, 15) is 4.39 Å². The van der Waals surface area contributed by atoms with Crippen LogP contribution in [-0.4, -0.2) is 62.7 Å². The summed E-state index contributed by atoms with van der Waals surface area (Å²) < 4.78 is 13.6. The van der Waals surface area contributed by atoms with E-state index < -0.39 is 0 Å². The van der Waals surface area contributed by atoms with Crippen LogP contribution in [0, 0.1) is 17.7 Å². The van der Waals surface area contributed by atoms with Crippen molar-refractivity contribution in [1.29, 1.82) is 0 Å². The molecule has 4 heterocycles. The molecule has 0 amide bonds. The lowest BCUT2D eigenvalue weighted by Crippen LogP contribution is -2.28. The number of fused-ring (bicyclic) bond motifs is 1. The smallest absolute Gasteiger partial charge is 0.370 e. The topological polar surface area (TPSA) is 110 Å². The number of hydrogen-bond acceptors (Lipinski definition) is 10. The molecule has 2 unspecified atom stereocenters. The number of tetrazole rings is 1. The van der Waals surface area contributed by atoms with Gasteiger partial charge in [-0.1, -0.05) is 22.9 Å². The molecule has 2 aromatic heterocycles. The maximum absolute atomic E-state index is 13.6. The highest BCUT2D eigenvalue weighted by Gasteiger charge is 2.41. The number of aromatic nitrogens is 6. The van der Waals surface area contributed by atoms with Gasteiger partial charge in [0, 0.05) is 38.0 Å². The third-order valence-electron chi connectivity index (χ3n) is 5.12. The van der Waals surface area contributed by atoms with Crippen LogP contribution in [0.2, 0.25) is 5.02 Å². The number of benzene rings is 1. The van der Waals surface area contributed by atoms with Crippen molar-refractivity contribution in [3.8, 4) is 10.8 Å². The second kappa shape index (κ2) is 8.42. The Bertz CT molecular complexity index is 1070. The molecule has 0 radical (unpaired) electrons. The van der Waals surface area contributed by atoms with E-state index in [4.69, 9.17) is 21.2 Å². The molecule has 2 fully saturated rings. The number of rotatable bonds is 3. The van der Waals surface area contributed by atoms with E-state index in [1.807, 2.05) is 0 Å². The van der Waals surface area contributed by atoms with Gasteiger partial charge in [0.25, 0.3) is 0 Å². The van der Waals surface area contributed by atoms with Crippen molar-refractivity contribution in [2.75, 3.05) is 36.0 Å². The van der Waals surface area contributed by atoms with Crippen molar-refractivity contribution in [3.05, 3.63) is 29.0 Å². The zero-order valence-electron chi connectivity index (χ0n) is 15.8. The Balaban J connectivity index is 0.000000687. The molecule has 30 heavy (non-hydrogen) atoms. The minimum Gasteiger partial charge on any atom is -0.370 e. The maximum Gasteiger partial charge on any atom is 0.373 e. The number of nitrogens with zero attached hydrogens (tertiary/aromatic N) is 8. The van der Waals surface area contributed by atoms with E-state index in [0.29, 0.717) is 27.7 Å². The van der Waals surface area contributed by atoms with Crippen molar-refractivity contribution < 1.29 is 14.0 Å². The zero-order chi connectivity index (χ0) is 21.3. The van der Waals surface area contributed by atoms with Gasteiger partial charge in [-0.05, 0) is 23.4 Å². The molecule has 2 aliphatic heterocycles. The fourth-order valence-corrected chi connectivity index (χ4v) is 4.90. The molecule has 0 bridgehead atoms. The van der Waals surface area contributed by atoms with Crippen LogP contribution in [0.3, 0.4) is 0 Å². The minimum atomic E-state index is -0.257. The predicted octanol–water partition coefficient (Wildman–Crippen LogP) is 1.51. The molecule has 0 N–H and O–H groups in total. The molecule has 3 aromatic rings. The van der Waals surface area contributed by atoms with Crippen LogP contribution < -0.4 is 9.80 Å². The van der Waals surface area contributed by atoms with Gasteiger partial charge in [0.05, 0.1) is 17.8 Å². The average Bonchev–Trinajstić information content (AvgIpc) is 3.46. The van der Waals surface area contributed by atoms with E-state index in [1.54, 1.807) is 13.1 Å². The van der Waals surface area contributed by atoms with Crippen LogP contribution in [0.1, 0.15) is 0 Å². The highest BCUT2D eigenvalue weighted by molar-refractivity contribution is 7.18. The number of aryl methyl sites for hydroxylation is 1. The number of anilines is 2. The van der Waals surface area contributed by atoms with E-state index in [2.05, 4.69) is 35.4 Å². The summed E-state index contributed by atoms with van der Waals surface area (Å²) in [5, 5.41) is 22.6. The molecular weight excluding hydrogens is 435 g/mol. The summed E-state index contributed by atoms with van der Waals surface area (Å²) in [6, 6.07) is 4.53. The van der Waals surface area contributed by atoms with Crippen molar-refractivity contribution >= 4 is 39.9 Å². The molecule has 0 saturated carbocycles. The van der Waals surface area contributed by atoms with Crippen LogP contribution in [-0.2, 0) is 16.6 Å². The SMILES string of the molecule is Cn1nnc(-c2nnc(N3CC4CN(c5cc(F)ccc5Cl)CC4C3)s2)n1.O=C=O. The third-order valence-corrected chi connectivity index (χ3v) is 6.42. The van der Waals surface area contributed by atoms with Crippen LogP contribution >= 0.6 is 22.9 Å². The summed E-state index contributed by atoms with van der Waals surface area (Å²) >= 11 is 7.74. The summed E-state index contributed by atoms with van der Waals surface area (Å²) in [5.41, 5.74) is 0.782. The zero-order valence-corrected chi connectivity index (χ0v) is 17.3. The molecule has 5 rings (SSSR count). The largest absolute Gasteiger partial charge is 0.373 e. The second-order valence-electron chi connectivity index (χ2n) is 7.00. The molecule has 13 heteroatoms. The maximum atomic E-state index is 13.6. The Morgan fingerprint density at radius 3 is 2.40 bits per heavy atom. The fraction of sp³-hybridized carbons (Fsp3) is 0.412. The third kappa shape index (κ3) is 4.02. The second-order valence-corrected chi connectivity index (χ2v) is 8.36. The monoisotopic (exact) mass is 450 g/mol. The van der Waals surface area contributed by atoms with Crippen molar-refractivity contribution in [1.82, 2.24) is 30.4 Å². The lowest BCUT2D eigenvalue weighted by atomic mass is 10.0. The average molecular weight is 451 g/mol. The summed E-state index contributed by atoms with van der Waals surface area (Å²) in [7, 11) is 1.72. The van der Waals surface area contributed by atoms with Crippen LogP contribution in [0.15, 0.2) is 18.2 Å². The van der Waals surface area contributed by atoms with Gasteiger partial charge in [0.1, 0.15) is 5.82 Å². The summed E-state index contributed by atoms with van der Waals surface area (Å²) in [4.78, 5) is 22.1. The first-order valence-electron chi connectivity index (χ1n) is 9.00. The van der Waals surface area contributed by atoms with Gasteiger partial charge in [-0.15, -0.1) is 20.4 Å². The molecule has 2 saturated heterocycles. The predicted molar refractivity (Wildman–Crippen MR) is 106 cm³/mol. The molecule has 1 aromatic carbocycles. The Labute approximate surface area is 179 Å². The minimum absolute atomic E-state index is 0.250. The van der Waals surface area contributed by atoms with Gasteiger partial charge in [0.2, 0.25) is 11.0 Å². The normalized spacial score (nSPS) is 20.0. The van der Waals surface area contributed by atoms with E-state index in [-0.39, 0.29) is 12.0 Å². The Hall–Kier alpha value is -2.95. The first kappa shape index (κ1) is 20.3. The van der Waals surface area contributed by atoms with Crippen molar-refractivity contribution in [2.24, 2.45) is 18.9 Å². The highest BCUT2D eigenvalue weighted by atomic mass is 35.5. The van der Waals surface area contributed by atoms with Crippen LogP contribution in [0.4, 0.5) is 15.2 Å². The summed E-state index contributed by atoms with van der Waals surface area (Å²) in [5.74, 6) is 1.22. The Morgan fingerprint density at radius 1 is 1.10 bits per heavy atom. The van der Waals surface area contributed by atoms with Gasteiger partial charge < -0.3 is 9.80 Å². The number of carbonyl (C=O) groups excluding carboxylic acids is 2.